The number of fused-ring (bicyclic) bond motifs is 4. The zero-order valence-electron chi connectivity index (χ0n) is 12.3. The van der Waals surface area contributed by atoms with Crippen molar-refractivity contribution in [1.29, 1.82) is 0 Å². The topological polar surface area (TPSA) is 0 Å². The van der Waals surface area contributed by atoms with Crippen molar-refractivity contribution < 1.29 is 0 Å². The van der Waals surface area contributed by atoms with E-state index in [0.717, 1.165) is 17.4 Å². The third-order valence-corrected chi connectivity index (χ3v) is 5.39. The Morgan fingerprint density at radius 1 is 1.14 bits per heavy atom. The zero-order chi connectivity index (χ0) is 14.4. The van der Waals surface area contributed by atoms with Crippen LogP contribution in [0.4, 0.5) is 0 Å². The Labute approximate surface area is 131 Å². The maximum atomic E-state index is 6.49. The Morgan fingerprint density at radius 2 is 2.05 bits per heavy atom. The molecule has 0 saturated carbocycles. The molecule has 2 aliphatic rings. The number of benzene rings is 2. The van der Waals surface area contributed by atoms with Gasteiger partial charge in [0.2, 0.25) is 0 Å². The van der Waals surface area contributed by atoms with Gasteiger partial charge in [0.05, 0.1) is 0 Å². The van der Waals surface area contributed by atoms with Gasteiger partial charge in [-0.1, -0.05) is 60.5 Å². The highest BCUT2D eigenvalue weighted by Crippen LogP contribution is 2.44. The molecule has 0 fully saturated rings. The molecule has 0 saturated heterocycles. The van der Waals surface area contributed by atoms with Crippen LogP contribution >= 0.6 is 11.6 Å². The minimum atomic E-state index is 0.736. The second-order valence-corrected chi connectivity index (χ2v) is 6.52. The fourth-order valence-corrected chi connectivity index (χ4v) is 4.31. The molecule has 2 aromatic rings. The number of aryl methyl sites for hydroxylation is 1. The van der Waals surface area contributed by atoms with E-state index < -0.39 is 0 Å². The molecule has 0 spiro atoms. The van der Waals surface area contributed by atoms with Crippen LogP contribution in [-0.4, -0.2) is 0 Å². The molecule has 1 atom stereocenters. The average molecular weight is 295 g/mol. The maximum absolute atomic E-state index is 6.49. The maximum Gasteiger partial charge on any atom is 0.0487 e. The number of allylic oxidation sites excluding steroid dienone is 4. The SMILES string of the molecule is CC[C@H]1CC=CC2=C1CCc1c2ccc2cccc(Cl)c12. The van der Waals surface area contributed by atoms with E-state index in [-0.39, 0.29) is 0 Å². The Bertz CT molecular complexity index is 780. The summed E-state index contributed by atoms with van der Waals surface area (Å²) in [7, 11) is 0. The minimum Gasteiger partial charge on any atom is -0.0837 e. The Morgan fingerprint density at radius 3 is 2.90 bits per heavy atom. The van der Waals surface area contributed by atoms with Gasteiger partial charge in [-0.3, -0.25) is 0 Å². The molecule has 21 heavy (non-hydrogen) atoms. The van der Waals surface area contributed by atoms with Gasteiger partial charge in [0.25, 0.3) is 0 Å². The highest BCUT2D eigenvalue weighted by Gasteiger charge is 2.25. The lowest BCUT2D eigenvalue weighted by atomic mass is 9.74. The number of halogens is 1. The van der Waals surface area contributed by atoms with Crippen LogP contribution < -0.4 is 0 Å². The summed E-state index contributed by atoms with van der Waals surface area (Å²) in [5.41, 5.74) is 5.99. The molecule has 0 unspecified atom stereocenters. The molecule has 106 valence electrons. The van der Waals surface area contributed by atoms with Crippen LogP contribution in [0.15, 0.2) is 48.1 Å². The van der Waals surface area contributed by atoms with Gasteiger partial charge in [0.15, 0.2) is 0 Å². The molecule has 0 bridgehead atoms. The Balaban J connectivity index is 1.99. The van der Waals surface area contributed by atoms with Crippen molar-refractivity contribution in [3.05, 3.63) is 64.2 Å². The van der Waals surface area contributed by atoms with Gasteiger partial charge in [-0.25, -0.2) is 0 Å². The first kappa shape index (κ1) is 13.2. The molecular formula is C20H19Cl. The molecule has 0 N–H and O–H groups in total. The molecule has 0 heterocycles. The van der Waals surface area contributed by atoms with Gasteiger partial charge in [-0.05, 0) is 59.8 Å². The van der Waals surface area contributed by atoms with Gasteiger partial charge < -0.3 is 0 Å². The smallest absolute Gasteiger partial charge is 0.0487 e. The van der Waals surface area contributed by atoms with Crippen molar-refractivity contribution in [1.82, 2.24) is 0 Å². The fourth-order valence-electron chi connectivity index (χ4n) is 4.01. The standard InChI is InChI=1S/C20H19Cl/c1-2-13-5-3-7-16-15(13)11-12-18-17(16)10-9-14-6-4-8-19(21)20(14)18/h3-4,6-10,13H,2,5,11-12H2,1H3/t13-/m0/s1. The van der Waals surface area contributed by atoms with Crippen LogP contribution in [-0.2, 0) is 6.42 Å². The van der Waals surface area contributed by atoms with Crippen molar-refractivity contribution in [3.63, 3.8) is 0 Å². The van der Waals surface area contributed by atoms with Gasteiger partial charge >= 0.3 is 0 Å². The van der Waals surface area contributed by atoms with Crippen molar-refractivity contribution in [2.45, 2.75) is 32.6 Å². The summed E-state index contributed by atoms with van der Waals surface area (Å²) in [4.78, 5) is 0. The van der Waals surface area contributed by atoms with E-state index in [2.05, 4.69) is 37.3 Å². The molecule has 0 amide bonds. The summed E-state index contributed by atoms with van der Waals surface area (Å²) in [6.07, 6.45) is 9.45. The molecular weight excluding hydrogens is 276 g/mol. The predicted octanol–water partition coefficient (Wildman–Crippen LogP) is 6.18. The lowest BCUT2D eigenvalue weighted by Gasteiger charge is -2.30. The van der Waals surface area contributed by atoms with Gasteiger partial charge in [0.1, 0.15) is 0 Å². The van der Waals surface area contributed by atoms with Crippen LogP contribution in [0.1, 0.15) is 37.3 Å². The number of rotatable bonds is 1. The summed E-state index contributed by atoms with van der Waals surface area (Å²) >= 11 is 6.49. The fraction of sp³-hybridized carbons (Fsp3) is 0.300. The second kappa shape index (κ2) is 5.03. The monoisotopic (exact) mass is 294 g/mol. The summed E-state index contributed by atoms with van der Waals surface area (Å²) < 4.78 is 0. The molecule has 2 aromatic carbocycles. The largest absolute Gasteiger partial charge is 0.0837 e. The Kier molecular flexibility index (Phi) is 3.15. The van der Waals surface area contributed by atoms with E-state index in [4.69, 9.17) is 11.6 Å². The third kappa shape index (κ3) is 1.97. The second-order valence-electron chi connectivity index (χ2n) is 6.11. The zero-order valence-corrected chi connectivity index (χ0v) is 13.1. The van der Waals surface area contributed by atoms with E-state index in [1.165, 1.54) is 46.7 Å². The van der Waals surface area contributed by atoms with Crippen LogP contribution in [0.2, 0.25) is 5.02 Å². The quantitative estimate of drug-likeness (QED) is 0.589. The predicted molar refractivity (Wildman–Crippen MR) is 91.7 cm³/mol. The summed E-state index contributed by atoms with van der Waals surface area (Å²) in [5.74, 6) is 0.736. The Hall–Kier alpha value is -1.53. The van der Waals surface area contributed by atoms with Gasteiger partial charge in [0, 0.05) is 10.4 Å². The van der Waals surface area contributed by atoms with Crippen LogP contribution in [0, 0.1) is 5.92 Å². The first-order chi connectivity index (χ1) is 10.3. The molecule has 0 aromatic heterocycles. The number of hydrogen-bond acceptors (Lipinski definition) is 0. The van der Waals surface area contributed by atoms with E-state index in [0.29, 0.717) is 0 Å². The van der Waals surface area contributed by atoms with Crippen LogP contribution in [0.25, 0.3) is 16.3 Å². The van der Waals surface area contributed by atoms with E-state index >= 15 is 0 Å². The molecule has 0 radical (unpaired) electrons. The highest BCUT2D eigenvalue weighted by atomic mass is 35.5. The molecule has 4 rings (SSSR count). The first-order valence-electron chi connectivity index (χ1n) is 7.89. The van der Waals surface area contributed by atoms with Gasteiger partial charge in [-0.2, -0.15) is 0 Å². The van der Waals surface area contributed by atoms with Crippen molar-refractivity contribution >= 4 is 27.9 Å². The van der Waals surface area contributed by atoms with Gasteiger partial charge in [-0.15, -0.1) is 0 Å². The molecule has 2 aliphatic carbocycles. The van der Waals surface area contributed by atoms with Crippen LogP contribution in [0.3, 0.4) is 0 Å². The van der Waals surface area contributed by atoms with E-state index in [1.807, 2.05) is 12.1 Å². The van der Waals surface area contributed by atoms with E-state index in [9.17, 15) is 0 Å². The van der Waals surface area contributed by atoms with Crippen molar-refractivity contribution in [2.75, 3.05) is 0 Å². The summed E-state index contributed by atoms with van der Waals surface area (Å²) in [6, 6.07) is 10.7. The highest BCUT2D eigenvalue weighted by molar-refractivity contribution is 6.36. The average Bonchev–Trinajstić information content (AvgIpc) is 2.53. The molecule has 1 heteroatoms. The lowest BCUT2D eigenvalue weighted by Crippen LogP contribution is -2.14. The molecule has 0 nitrogen and oxygen atoms in total. The molecule has 0 aliphatic heterocycles. The third-order valence-electron chi connectivity index (χ3n) is 5.07. The number of hydrogen-bond donors (Lipinski definition) is 0. The normalized spacial score (nSPS) is 20.6. The first-order valence-corrected chi connectivity index (χ1v) is 8.27. The van der Waals surface area contributed by atoms with Crippen molar-refractivity contribution in [2.24, 2.45) is 5.92 Å². The van der Waals surface area contributed by atoms with E-state index in [1.54, 1.807) is 5.57 Å². The van der Waals surface area contributed by atoms with Crippen molar-refractivity contribution in [3.8, 4) is 0 Å². The summed E-state index contributed by atoms with van der Waals surface area (Å²) in [5, 5.41) is 3.41. The summed E-state index contributed by atoms with van der Waals surface area (Å²) in [6.45, 7) is 2.31. The lowest BCUT2D eigenvalue weighted by molar-refractivity contribution is 0.569. The minimum absolute atomic E-state index is 0.736. The van der Waals surface area contributed by atoms with Crippen LogP contribution in [0.5, 0.6) is 0 Å².